The summed E-state index contributed by atoms with van der Waals surface area (Å²) in [4.78, 5) is 20.8. The second kappa shape index (κ2) is 7.58. The maximum absolute atomic E-state index is 10.8. The van der Waals surface area contributed by atoms with Crippen molar-refractivity contribution in [3.05, 3.63) is 38.9 Å². The van der Waals surface area contributed by atoms with Gasteiger partial charge >= 0.3 is 0 Å². The Kier molecular flexibility index (Phi) is 6.41. The number of rotatable bonds is 6. The molecule has 1 aromatic rings. The summed E-state index contributed by atoms with van der Waals surface area (Å²) in [6.07, 6.45) is -2.18. The van der Waals surface area contributed by atoms with Gasteiger partial charge < -0.3 is 10.2 Å². The van der Waals surface area contributed by atoms with Crippen LogP contribution in [0.5, 0.6) is 0 Å². The molecule has 0 spiro atoms. The fraction of sp³-hybridized carbons (Fsp3) is 0.417. The minimum absolute atomic E-state index is 0.0347. The van der Waals surface area contributed by atoms with Crippen LogP contribution in [0.1, 0.15) is 25.0 Å². The van der Waals surface area contributed by atoms with Crippen LogP contribution in [0, 0.1) is 10.1 Å². The van der Waals surface area contributed by atoms with Crippen LogP contribution in [-0.2, 0) is 4.79 Å². The first-order valence-electron chi connectivity index (χ1n) is 5.76. The molecule has 1 rings (SSSR count). The van der Waals surface area contributed by atoms with Crippen LogP contribution in [0.15, 0.2) is 18.2 Å². The first-order chi connectivity index (χ1) is 9.32. The molecule has 2 N–H and O–H groups in total. The van der Waals surface area contributed by atoms with Gasteiger partial charge in [0.2, 0.25) is 0 Å². The molecule has 0 radical (unpaired) electrons. The van der Waals surface area contributed by atoms with E-state index in [0.29, 0.717) is 5.75 Å². The number of aliphatic hydroxyl groups excluding tert-OH is 2. The third-order valence-corrected chi connectivity index (χ3v) is 3.76. The summed E-state index contributed by atoms with van der Waals surface area (Å²) < 4.78 is 0. The maximum atomic E-state index is 10.8. The van der Waals surface area contributed by atoms with Gasteiger partial charge in [0.25, 0.3) is 5.69 Å². The minimum atomic E-state index is -1.27. The van der Waals surface area contributed by atoms with Crippen molar-refractivity contribution in [2.75, 3.05) is 5.75 Å². The number of nitro groups is 1. The van der Waals surface area contributed by atoms with E-state index in [2.05, 4.69) is 0 Å². The van der Waals surface area contributed by atoms with E-state index in [0.717, 1.165) is 17.8 Å². The predicted molar refractivity (Wildman–Crippen MR) is 76.8 cm³/mol. The van der Waals surface area contributed by atoms with Gasteiger partial charge in [0, 0.05) is 18.7 Å². The summed E-state index contributed by atoms with van der Waals surface area (Å²) in [5.74, 6) is 0.364. The third kappa shape index (κ3) is 4.75. The zero-order chi connectivity index (χ0) is 15.3. The highest BCUT2D eigenvalue weighted by atomic mass is 35.5. The molecule has 8 heteroatoms. The van der Waals surface area contributed by atoms with Crippen molar-refractivity contribution in [1.29, 1.82) is 0 Å². The Hall–Kier alpha value is -1.15. The monoisotopic (exact) mass is 319 g/mol. The second-order valence-corrected chi connectivity index (χ2v) is 5.79. The summed E-state index contributed by atoms with van der Waals surface area (Å²) >= 11 is 6.71. The molecule has 0 saturated carbocycles. The molecule has 0 aliphatic heterocycles. The molecule has 0 amide bonds. The van der Waals surface area contributed by atoms with Crippen molar-refractivity contribution in [2.24, 2.45) is 0 Å². The van der Waals surface area contributed by atoms with Crippen LogP contribution < -0.4 is 0 Å². The molecular weight excluding hydrogens is 306 g/mol. The standard InChI is InChI=1S/C12H14ClNO5S/c1-7(15)20-5-4-11(16)12(17)8-2-3-9(13)10(6-8)14(18)19/h2-3,6,11-12,16-17H,4-5H2,1H3. The Morgan fingerprint density at radius 3 is 2.70 bits per heavy atom. The van der Waals surface area contributed by atoms with Crippen molar-refractivity contribution in [3.63, 3.8) is 0 Å². The van der Waals surface area contributed by atoms with Crippen LogP contribution in [0.3, 0.4) is 0 Å². The molecule has 0 aliphatic rings. The summed E-state index contributed by atoms with van der Waals surface area (Å²) in [6.45, 7) is 1.41. The first kappa shape index (κ1) is 16.9. The van der Waals surface area contributed by atoms with E-state index < -0.39 is 17.1 Å². The number of carbonyl (C=O) groups is 1. The van der Waals surface area contributed by atoms with Gasteiger partial charge in [-0.15, -0.1) is 0 Å². The average molecular weight is 320 g/mol. The second-order valence-electron chi connectivity index (χ2n) is 4.11. The number of hydrogen-bond donors (Lipinski definition) is 2. The van der Waals surface area contributed by atoms with E-state index in [1.54, 1.807) is 0 Å². The number of thioether (sulfide) groups is 1. The molecular formula is C12H14ClNO5S. The third-order valence-electron chi connectivity index (χ3n) is 2.59. The number of halogens is 1. The number of hydrogen-bond acceptors (Lipinski definition) is 6. The Bertz CT molecular complexity index is 511. The van der Waals surface area contributed by atoms with Crippen molar-refractivity contribution >= 4 is 34.2 Å². The highest BCUT2D eigenvalue weighted by molar-refractivity contribution is 8.13. The van der Waals surface area contributed by atoms with Gasteiger partial charge in [-0.3, -0.25) is 14.9 Å². The van der Waals surface area contributed by atoms with Gasteiger partial charge in [0.05, 0.1) is 11.0 Å². The smallest absolute Gasteiger partial charge is 0.288 e. The van der Waals surface area contributed by atoms with Crippen LogP contribution in [0.2, 0.25) is 5.02 Å². The van der Waals surface area contributed by atoms with Gasteiger partial charge in [-0.1, -0.05) is 29.4 Å². The van der Waals surface area contributed by atoms with Gasteiger partial charge in [-0.2, -0.15) is 0 Å². The molecule has 0 aliphatic carbocycles. The largest absolute Gasteiger partial charge is 0.390 e. The zero-order valence-electron chi connectivity index (χ0n) is 10.7. The molecule has 0 aromatic heterocycles. The summed E-state index contributed by atoms with van der Waals surface area (Å²) in [7, 11) is 0. The molecule has 1 aromatic carbocycles. The first-order valence-corrected chi connectivity index (χ1v) is 7.12. The van der Waals surface area contributed by atoms with E-state index in [9.17, 15) is 25.1 Å². The van der Waals surface area contributed by atoms with E-state index in [4.69, 9.17) is 11.6 Å². The highest BCUT2D eigenvalue weighted by Gasteiger charge is 2.22. The molecule has 0 heterocycles. The van der Waals surface area contributed by atoms with Crippen molar-refractivity contribution < 1.29 is 19.9 Å². The lowest BCUT2D eigenvalue weighted by Gasteiger charge is -2.17. The normalized spacial score (nSPS) is 13.8. The Balaban J connectivity index is 2.76. The van der Waals surface area contributed by atoms with Crippen molar-refractivity contribution in [3.8, 4) is 0 Å². The zero-order valence-corrected chi connectivity index (χ0v) is 12.2. The van der Waals surface area contributed by atoms with Gasteiger partial charge in [0.1, 0.15) is 11.1 Å². The van der Waals surface area contributed by atoms with E-state index in [1.807, 2.05) is 0 Å². The summed E-state index contributed by atoms with van der Waals surface area (Å²) in [6, 6.07) is 3.85. The molecule has 6 nitrogen and oxygen atoms in total. The van der Waals surface area contributed by atoms with Gasteiger partial charge in [-0.05, 0) is 18.1 Å². The predicted octanol–water partition coefficient (Wildman–Crippen LogP) is 2.31. The summed E-state index contributed by atoms with van der Waals surface area (Å²) in [5, 5.41) is 30.4. The molecule has 110 valence electrons. The van der Waals surface area contributed by atoms with Crippen LogP contribution in [0.25, 0.3) is 0 Å². The van der Waals surface area contributed by atoms with Gasteiger partial charge in [-0.25, -0.2) is 0 Å². The van der Waals surface area contributed by atoms with Crippen molar-refractivity contribution in [1.82, 2.24) is 0 Å². The molecule has 2 unspecified atom stereocenters. The SMILES string of the molecule is CC(=O)SCCC(O)C(O)c1ccc(Cl)c([N+](=O)[O-])c1. The Labute approximate surface area is 124 Å². The number of nitrogens with zero attached hydrogens (tertiary/aromatic N) is 1. The quantitative estimate of drug-likeness (QED) is 0.616. The lowest BCUT2D eigenvalue weighted by Crippen LogP contribution is -2.19. The number of carbonyl (C=O) groups excluding carboxylic acids is 1. The minimum Gasteiger partial charge on any atom is -0.390 e. The number of nitro benzene ring substituents is 1. The summed E-state index contributed by atoms with van der Waals surface area (Å²) in [5.41, 5.74) is -0.116. The van der Waals surface area contributed by atoms with Crippen LogP contribution in [0.4, 0.5) is 5.69 Å². The lowest BCUT2D eigenvalue weighted by atomic mass is 10.0. The van der Waals surface area contributed by atoms with Gasteiger partial charge in [0.15, 0.2) is 5.12 Å². The molecule has 20 heavy (non-hydrogen) atoms. The van der Waals surface area contributed by atoms with Crippen LogP contribution >= 0.6 is 23.4 Å². The molecule has 0 saturated heterocycles. The Morgan fingerprint density at radius 2 is 2.15 bits per heavy atom. The molecule has 2 atom stereocenters. The lowest BCUT2D eigenvalue weighted by molar-refractivity contribution is -0.384. The maximum Gasteiger partial charge on any atom is 0.288 e. The van der Waals surface area contributed by atoms with E-state index in [-0.39, 0.29) is 27.8 Å². The average Bonchev–Trinajstić information content (AvgIpc) is 2.37. The Morgan fingerprint density at radius 1 is 1.50 bits per heavy atom. The molecule has 0 bridgehead atoms. The topological polar surface area (TPSA) is 101 Å². The number of aliphatic hydroxyl groups is 2. The highest BCUT2D eigenvalue weighted by Crippen LogP contribution is 2.29. The molecule has 0 fully saturated rings. The van der Waals surface area contributed by atoms with E-state index in [1.165, 1.54) is 19.1 Å². The van der Waals surface area contributed by atoms with Crippen molar-refractivity contribution in [2.45, 2.75) is 25.6 Å². The fourth-order valence-corrected chi connectivity index (χ4v) is 2.39. The van der Waals surface area contributed by atoms with Crippen LogP contribution in [-0.4, -0.2) is 32.1 Å². The van der Waals surface area contributed by atoms with E-state index >= 15 is 0 Å². The fourth-order valence-electron chi connectivity index (χ4n) is 1.56. The number of benzene rings is 1.